The summed E-state index contributed by atoms with van der Waals surface area (Å²) >= 11 is 1.43. The van der Waals surface area contributed by atoms with E-state index in [-0.39, 0.29) is 11.7 Å². The summed E-state index contributed by atoms with van der Waals surface area (Å²) < 4.78 is 0. The molecular formula is C10H14N2O2S. The first-order valence-electron chi connectivity index (χ1n) is 5.00. The van der Waals surface area contributed by atoms with Gasteiger partial charge in [0.2, 0.25) is 0 Å². The van der Waals surface area contributed by atoms with Crippen LogP contribution in [0.2, 0.25) is 0 Å². The molecule has 0 spiro atoms. The van der Waals surface area contributed by atoms with Crippen molar-refractivity contribution in [2.45, 2.75) is 19.9 Å². The van der Waals surface area contributed by atoms with Crippen LogP contribution < -0.4 is 0 Å². The Labute approximate surface area is 92.6 Å². The largest absolute Gasteiger partial charge is 0.476 e. The van der Waals surface area contributed by atoms with Crippen molar-refractivity contribution >= 4 is 17.3 Å². The number of thiazole rings is 1. The van der Waals surface area contributed by atoms with Crippen LogP contribution >= 0.6 is 11.3 Å². The molecule has 1 fully saturated rings. The third-order valence-corrected chi connectivity index (χ3v) is 3.75. The van der Waals surface area contributed by atoms with Gasteiger partial charge in [-0.05, 0) is 12.8 Å². The summed E-state index contributed by atoms with van der Waals surface area (Å²) in [6.45, 7) is 6.47. The van der Waals surface area contributed by atoms with Crippen LogP contribution in [0.1, 0.15) is 35.4 Å². The van der Waals surface area contributed by atoms with Gasteiger partial charge in [-0.25, -0.2) is 9.78 Å². The van der Waals surface area contributed by atoms with Crippen molar-refractivity contribution in [3.8, 4) is 0 Å². The summed E-state index contributed by atoms with van der Waals surface area (Å²) in [6.07, 6.45) is 0. The quantitative estimate of drug-likeness (QED) is 0.854. The second kappa shape index (κ2) is 3.90. The van der Waals surface area contributed by atoms with Crippen molar-refractivity contribution in [2.24, 2.45) is 5.92 Å². The van der Waals surface area contributed by atoms with Crippen molar-refractivity contribution < 1.29 is 9.90 Å². The molecule has 15 heavy (non-hydrogen) atoms. The van der Waals surface area contributed by atoms with E-state index in [2.05, 4.69) is 23.7 Å². The zero-order valence-corrected chi connectivity index (χ0v) is 9.62. The molecule has 5 heteroatoms. The van der Waals surface area contributed by atoms with Crippen molar-refractivity contribution in [3.63, 3.8) is 0 Å². The number of hydrogen-bond acceptors (Lipinski definition) is 4. The molecule has 0 radical (unpaired) electrons. The van der Waals surface area contributed by atoms with Crippen LogP contribution in [0.15, 0.2) is 5.38 Å². The minimum atomic E-state index is -0.943. The van der Waals surface area contributed by atoms with E-state index < -0.39 is 5.97 Å². The number of carboxylic acid groups (broad SMARTS) is 1. The number of aromatic nitrogens is 1. The average Bonchev–Trinajstić information content (AvgIpc) is 2.60. The summed E-state index contributed by atoms with van der Waals surface area (Å²) in [6, 6.07) is 0.249. The van der Waals surface area contributed by atoms with Crippen LogP contribution in [0.4, 0.5) is 0 Å². The maximum Gasteiger partial charge on any atom is 0.355 e. The number of nitrogens with zero attached hydrogens (tertiary/aromatic N) is 2. The van der Waals surface area contributed by atoms with Gasteiger partial charge in [0.25, 0.3) is 0 Å². The van der Waals surface area contributed by atoms with Crippen LogP contribution in [0.5, 0.6) is 0 Å². The van der Waals surface area contributed by atoms with Gasteiger partial charge in [0.05, 0.1) is 6.04 Å². The van der Waals surface area contributed by atoms with E-state index in [4.69, 9.17) is 5.11 Å². The molecule has 0 saturated carbocycles. The van der Waals surface area contributed by atoms with E-state index in [1.54, 1.807) is 5.38 Å². The lowest BCUT2D eigenvalue weighted by molar-refractivity contribution is 0.0672. The van der Waals surface area contributed by atoms with Gasteiger partial charge < -0.3 is 5.11 Å². The summed E-state index contributed by atoms with van der Waals surface area (Å²) in [4.78, 5) is 17.1. The Kier molecular flexibility index (Phi) is 2.75. The average molecular weight is 226 g/mol. The third-order valence-electron chi connectivity index (χ3n) is 2.74. The second-order valence-electron chi connectivity index (χ2n) is 4.11. The van der Waals surface area contributed by atoms with Gasteiger partial charge in [-0.15, -0.1) is 11.3 Å². The molecule has 0 amide bonds. The molecule has 1 saturated heterocycles. The minimum absolute atomic E-state index is 0.162. The van der Waals surface area contributed by atoms with Gasteiger partial charge in [-0.3, -0.25) is 4.90 Å². The molecule has 1 unspecified atom stereocenters. The highest BCUT2D eigenvalue weighted by Gasteiger charge is 2.29. The van der Waals surface area contributed by atoms with E-state index in [1.807, 2.05) is 0 Å². The molecule has 1 aromatic heterocycles. The molecule has 1 N–H and O–H groups in total. The van der Waals surface area contributed by atoms with Crippen LogP contribution in [-0.4, -0.2) is 34.0 Å². The number of rotatable bonds is 3. The number of carboxylic acids is 1. The van der Waals surface area contributed by atoms with E-state index >= 15 is 0 Å². The summed E-state index contributed by atoms with van der Waals surface area (Å²) in [5.74, 6) is -0.187. The van der Waals surface area contributed by atoms with E-state index in [9.17, 15) is 4.79 Å². The van der Waals surface area contributed by atoms with E-state index in [0.29, 0.717) is 0 Å². The lowest BCUT2D eigenvalue weighted by atomic mass is 10.0. The number of likely N-dealkylation sites (tertiary alicyclic amines) is 1. The molecule has 82 valence electrons. The standard InChI is InChI=1S/C10H14N2O2S/c1-6-3-12(4-6)7(2)9-11-8(5-15-9)10(13)14/h5-7H,3-4H2,1-2H3,(H,13,14). The van der Waals surface area contributed by atoms with Gasteiger partial charge in [0.15, 0.2) is 5.69 Å². The molecule has 4 nitrogen and oxygen atoms in total. The lowest BCUT2D eigenvalue weighted by Gasteiger charge is -2.40. The van der Waals surface area contributed by atoms with Crippen LogP contribution in [0.3, 0.4) is 0 Å². The monoisotopic (exact) mass is 226 g/mol. The number of hydrogen-bond donors (Lipinski definition) is 1. The van der Waals surface area contributed by atoms with Crippen molar-refractivity contribution in [2.75, 3.05) is 13.1 Å². The summed E-state index contributed by atoms with van der Waals surface area (Å²) in [7, 11) is 0. The first-order valence-corrected chi connectivity index (χ1v) is 5.88. The van der Waals surface area contributed by atoms with Gasteiger partial charge in [-0.2, -0.15) is 0 Å². The molecule has 0 bridgehead atoms. The Bertz CT molecular complexity index is 371. The molecule has 1 aliphatic heterocycles. The normalized spacial score (nSPS) is 19.9. The molecule has 0 aliphatic carbocycles. The van der Waals surface area contributed by atoms with Crippen molar-refractivity contribution in [1.82, 2.24) is 9.88 Å². The molecule has 0 aromatic carbocycles. The van der Waals surface area contributed by atoms with Crippen molar-refractivity contribution in [3.05, 3.63) is 16.1 Å². The fourth-order valence-electron chi connectivity index (χ4n) is 1.80. The maximum atomic E-state index is 10.7. The Morgan fingerprint density at radius 3 is 2.87 bits per heavy atom. The Balaban J connectivity index is 2.05. The highest BCUT2D eigenvalue weighted by molar-refractivity contribution is 7.09. The molecule has 1 atom stereocenters. The topological polar surface area (TPSA) is 53.4 Å². The Morgan fingerprint density at radius 2 is 2.40 bits per heavy atom. The predicted octanol–water partition coefficient (Wildman–Crippen LogP) is 1.85. The zero-order chi connectivity index (χ0) is 11.0. The van der Waals surface area contributed by atoms with Gasteiger partial charge >= 0.3 is 5.97 Å². The molecule has 1 aromatic rings. The molecule has 1 aliphatic rings. The smallest absolute Gasteiger partial charge is 0.355 e. The summed E-state index contributed by atoms with van der Waals surface area (Å²) in [5, 5.41) is 11.3. The van der Waals surface area contributed by atoms with Crippen LogP contribution in [-0.2, 0) is 0 Å². The fourth-order valence-corrected chi connectivity index (χ4v) is 2.68. The number of carbonyl (C=O) groups is 1. The third kappa shape index (κ3) is 2.03. The highest BCUT2D eigenvalue weighted by atomic mass is 32.1. The molecular weight excluding hydrogens is 212 g/mol. The van der Waals surface area contributed by atoms with Gasteiger partial charge in [0, 0.05) is 18.5 Å². The van der Waals surface area contributed by atoms with Crippen LogP contribution in [0, 0.1) is 5.92 Å². The Hall–Kier alpha value is -0.940. The van der Waals surface area contributed by atoms with Crippen molar-refractivity contribution in [1.29, 1.82) is 0 Å². The minimum Gasteiger partial charge on any atom is -0.476 e. The Morgan fingerprint density at radius 1 is 1.73 bits per heavy atom. The summed E-state index contributed by atoms with van der Waals surface area (Å²) in [5.41, 5.74) is 0.162. The maximum absolute atomic E-state index is 10.7. The molecule has 2 rings (SSSR count). The second-order valence-corrected chi connectivity index (χ2v) is 5.00. The van der Waals surface area contributed by atoms with Gasteiger partial charge in [-0.1, -0.05) is 6.92 Å². The fraction of sp³-hybridized carbons (Fsp3) is 0.600. The number of aromatic carboxylic acids is 1. The van der Waals surface area contributed by atoms with Gasteiger partial charge in [0.1, 0.15) is 5.01 Å². The van der Waals surface area contributed by atoms with E-state index in [0.717, 1.165) is 24.0 Å². The molecule has 2 heterocycles. The first-order chi connectivity index (χ1) is 7.08. The first kappa shape index (κ1) is 10.6. The lowest BCUT2D eigenvalue weighted by Crippen LogP contribution is -2.46. The highest BCUT2D eigenvalue weighted by Crippen LogP contribution is 2.29. The SMILES string of the molecule is CC1CN(C(C)c2nc(C(=O)O)cs2)C1. The van der Waals surface area contributed by atoms with Crippen LogP contribution in [0.25, 0.3) is 0 Å². The van der Waals surface area contributed by atoms with E-state index in [1.165, 1.54) is 11.3 Å². The predicted molar refractivity (Wildman–Crippen MR) is 58.2 cm³/mol. The zero-order valence-electron chi connectivity index (χ0n) is 8.80.